The zero-order valence-corrected chi connectivity index (χ0v) is 10.8. The third kappa shape index (κ3) is 2.20. The van der Waals surface area contributed by atoms with Crippen LogP contribution >= 0.6 is 0 Å². The number of anilines is 1. The number of nitrogens with one attached hydrogen (secondary N) is 1. The third-order valence-electron chi connectivity index (χ3n) is 3.58. The number of rotatable bonds is 3. The summed E-state index contributed by atoms with van der Waals surface area (Å²) in [6.45, 7) is 8.06. The number of hydrogen-bond donors (Lipinski definition) is 1. The van der Waals surface area contributed by atoms with E-state index >= 15 is 0 Å². The fourth-order valence-corrected chi connectivity index (χ4v) is 2.54. The predicted octanol–water partition coefficient (Wildman–Crippen LogP) is 2.20. The van der Waals surface area contributed by atoms with Gasteiger partial charge in [0, 0.05) is 5.69 Å². The zero-order chi connectivity index (χ0) is 12.4. The van der Waals surface area contributed by atoms with Gasteiger partial charge in [-0.2, -0.15) is 0 Å². The van der Waals surface area contributed by atoms with Crippen molar-refractivity contribution in [1.29, 1.82) is 0 Å². The Morgan fingerprint density at radius 3 is 2.71 bits per heavy atom. The van der Waals surface area contributed by atoms with E-state index in [4.69, 9.17) is 0 Å². The maximum Gasteiger partial charge on any atom is 0.242 e. The summed E-state index contributed by atoms with van der Waals surface area (Å²) in [4.78, 5) is 14.3. The molecule has 2 rings (SSSR count). The lowest BCUT2D eigenvalue weighted by atomic mass is 9.95. The van der Waals surface area contributed by atoms with E-state index in [1.807, 2.05) is 13.0 Å². The number of hydrogen-bond acceptors (Lipinski definition) is 2. The van der Waals surface area contributed by atoms with Gasteiger partial charge in [-0.25, -0.2) is 0 Å². The lowest BCUT2D eigenvalue weighted by Crippen LogP contribution is -2.47. The molecule has 1 heterocycles. The average Bonchev–Trinajstić information content (AvgIpc) is 2.33. The van der Waals surface area contributed by atoms with Crippen LogP contribution in [0.2, 0.25) is 0 Å². The summed E-state index contributed by atoms with van der Waals surface area (Å²) in [6.07, 6.45) is 0.824. The van der Waals surface area contributed by atoms with E-state index in [0.29, 0.717) is 0 Å². The maximum atomic E-state index is 12.1. The first-order chi connectivity index (χ1) is 8.17. The molecule has 0 fully saturated rings. The quantitative estimate of drug-likeness (QED) is 0.866. The molecule has 1 unspecified atom stereocenters. The highest BCUT2D eigenvalue weighted by molar-refractivity contribution is 5.98. The number of carbonyl (C=O) groups excluding carboxylic acids is 1. The molecule has 3 heteroatoms. The van der Waals surface area contributed by atoms with Crippen LogP contribution in [-0.2, 0) is 11.2 Å². The normalized spacial score (nSPS) is 19.1. The molecule has 1 atom stereocenters. The first kappa shape index (κ1) is 12.1. The minimum Gasteiger partial charge on any atom is -0.324 e. The van der Waals surface area contributed by atoms with Crippen LogP contribution in [0.4, 0.5) is 5.69 Å². The molecule has 1 aromatic rings. The fourth-order valence-electron chi connectivity index (χ4n) is 2.54. The molecule has 1 aromatic carbocycles. The Labute approximate surface area is 103 Å². The van der Waals surface area contributed by atoms with Crippen LogP contribution in [0.5, 0.6) is 0 Å². The van der Waals surface area contributed by atoms with Crippen LogP contribution in [0.15, 0.2) is 18.2 Å². The van der Waals surface area contributed by atoms with Crippen LogP contribution < -0.4 is 5.32 Å². The largest absolute Gasteiger partial charge is 0.324 e. The highest BCUT2D eigenvalue weighted by atomic mass is 16.2. The summed E-state index contributed by atoms with van der Waals surface area (Å²) in [5.41, 5.74) is 3.41. The molecule has 1 amide bonds. The van der Waals surface area contributed by atoms with Crippen molar-refractivity contribution in [1.82, 2.24) is 4.90 Å². The molecule has 0 aliphatic carbocycles. The Morgan fingerprint density at radius 1 is 1.35 bits per heavy atom. The Kier molecular flexibility index (Phi) is 3.48. The molecular weight excluding hydrogens is 212 g/mol. The number of fused-ring (bicyclic) bond motifs is 1. The summed E-state index contributed by atoms with van der Waals surface area (Å²) in [7, 11) is 0. The molecule has 0 saturated heterocycles. The van der Waals surface area contributed by atoms with E-state index in [2.05, 4.69) is 36.2 Å². The summed E-state index contributed by atoms with van der Waals surface area (Å²) >= 11 is 0. The Balaban J connectivity index is 2.30. The monoisotopic (exact) mass is 232 g/mol. The molecule has 17 heavy (non-hydrogen) atoms. The van der Waals surface area contributed by atoms with Gasteiger partial charge >= 0.3 is 0 Å². The Morgan fingerprint density at radius 2 is 2.06 bits per heavy atom. The second-order valence-corrected chi connectivity index (χ2v) is 4.54. The number of para-hydroxylation sites is 1. The van der Waals surface area contributed by atoms with Crippen molar-refractivity contribution in [2.24, 2.45) is 0 Å². The molecule has 1 N–H and O–H groups in total. The maximum absolute atomic E-state index is 12.1. The second kappa shape index (κ2) is 4.88. The molecule has 0 bridgehead atoms. The molecule has 0 saturated carbocycles. The van der Waals surface area contributed by atoms with Crippen LogP contribution in [0.3, 0.4) is 0 Å². The van der Waals surface area contributed by atoms with Crippen molar-refractivity contribution in [3.63, 3.8) is 0 Å². The van der Waals surface area contributed by atoms with E-state index in [9.17, 15) is 4.79 Å². The minimum absolute atomic E-state index is 0.0145. The number of nitrogens with zero attached hydrogens (tertiary/aromatic N) is 1. The summed E-state index contributed by atoms with van der Waals surface area (Å²) in [5.74, 6) is 0.135. The van der Waals surface area contributed by atoms with Crippen LogP contribution in [0.25, 0.3) is 0 Å². The van der Waals surface area contributed by atoms with Gasteiger partial charge in [0.25, 0.3) is 0 Å². The molecule has 1 aliphatic rings. The van der Waals surface area contributed by atoms with Gasteiger partial charge in [-0.3, -0.25) is 9.69 Å². The highest BCUT2D eigenvalue weighted by Gasteiger charge is 2.30. The van der Waals surface area contributed by atoms with Gasteiger partial charge in [0.05, 0.1) is 6.04 Å². The Bertz CT molecular complexity index is 424. The standard InChI is InChI=1S/C14H20N2O/c1-4-16(5-2)12-9-11-8-6-7-10(3)13(11)15-14(12)17/h6-8,12H,4-5,9H2,1-3H3,(H,15,17). The number of amides is 1. The van der Waals surface area contributed by atoms with Gasteiger partial charge in [-0.05, 0) is 37.6 Å². The van der Waals surface area contributed by atoms with Crippen LogP contribution in [0.1, 0.15) is 25.0 Å². The lowest BCUT2D eigenvalue weighted by molar-refractivity contribution is -0.121. The predicted molar refractivity (Wildman–Crippen MR) is 70.2 cm³/mol. The molecule has 3 nitrogen and oxygen atoms in total. The van der Waals surface area contributed by atoms with Gasteiger partial charge in [0.2, 0.25) is 5.91 Å². The van der Waals surface area contributed by atoms with Crippen molar-refractivity contribution < 1.29 is 4.79 Å². The molecule has 92 valence electrons. The zero-order valence-electron chi connectivity index (χ0n) is 10.8. The second-order valence-electron chi connectivity index (χ2n) is 4.54. The van der Waals surface area contributed by atoms with E-state index < -0.39 is 0 Å². The van der Waals surface area contributed by atoms with Crippen molar-refractivity contribution >= 4 is 11.6 Å². The summed E-state index contributed by atoms with van der Waals surface area (Å²) < 4.78 is 0. The van der Waals surface area contributed by atoms with Crippen molar-refractivity contribution in [3.05, 3.63) is 29.3 Å². The lowest BCUT2D eigenvalue weighted by Gasteiger charge is -2.33. The topological polar surface area (TPSA) is 32.3 Å². The summed E-state index contributed by atoms with van der Waals surface area (Å²) in [6, 6.07) is 6.19. The molecule has 0 spiro atoms. The minimum atomic E-state index is -0.0145. The summed E-state index contributed by atoms with van der Waals surface area (Å²) in [5, 5.41) is 3.05. The smallest absolute Gasteiger partial charge is 0.242 e. The van der Waals surface area contributed by atoms with Crippen molar-refractivity contribution in [2.45, 2.75) is 33.2 Å². The van der Waals surface area contributed by atoms with E-state index in [1.165, 1.54) is 5.56 Å². The first-order valence-electron chi connectivity index (χ1n) is 6.30. The van der Waals surface area contributed by atoms with Gasteiger partial charge in [0.1, 0.15) is 0 Å². The van der Waals surface area contributed by atoms with E-state index in [-0.39, 0.29) is 11.9 Å². The molecule has 0 radical (unpaired) electrons. The third-order valence-corrected chi connectivity index (χ3v) is 3.58. The Hall–Kier alpha value is -1.35. The molecular formula is C14H20N2O. The molecule has 1 aliphatic heterocycles. The van der Waals surface area contributed by atoms with Gasteiger partial charge in [-0.1, -0.05) is 32.0 Å². The van der Waals surface area contributed by atoms with Crippen molar-refractivity contribution in [3.8, 4) is 0 Å². The molecule has 0 aromatic heterocycles. The average molecular weight is 232 g/mol. The van der Waals surface area contributed by atoms with Gasteiger partial charge in [0.15, 0.2) is 0 Å². The van der Waals surface area contributed by atoms with Crippen LogP contribution in [-0.4, -0.2) is 29.9 Å². The first-order valence-corrected chi connectivity index (χ1v) is 6.30. The van der Waals surface area contributed by atoms with E-state index in [0.717, 1.165) is 30.8 Å². The highest BCUT2D eigenvalue weighted by Crippen LogP contribution is 2.27. The van der Waals surface area contributed by atoms with Gasteiger partial charge < -0.3 is 5.32 Å². The number of benzene rings is 1. The van der Waals surface area contributed by atoms with Gasteiger partial charge in [-0.15, -0.1) is 0 Å². The SMILES string of the molecule is CCN(CC)C1Cc2cccc(C)c2NC1=O. The number of aryl methyl sites for hydroxylation is 1. The van der Waals surface area contributed by atoms with Crippen molar-refractivity contribution in [2.75, 3.05) is 18.4 Å². The van der Waals surface area contributed by atoms with Crippen LogP contribution in [0, 0.1) is 6.92 Å². The fraction of sp³-hybridized carbons (Fsp3) is 0.500. The van der Waals surface area contributed by atoms with E-state index in [1.54, 1.807) is 0 Å². The number of likely N-dealkylation sites (N-methyl/N-ethyl adjacent to an activating group) is 1. The number of carbonyl (C=O) groups is 1.